The number of carbonyl (C=O) groups excluding carboxylic acids is 1. The van der Waals surface area contributed by atoms with Crippen LogP contribution in [0.5, 0.6) is 0 Å². The van der Waals surface area contributed by atoms with Crippen LogP contribution in [-0.2, 0) is 11.2 Å². The largest absolute Gasteiger partial charge is 0.391 e. The van der Waals surface area contributed by atoms with Crippen LogP contribution in [0.15, 0.2) is 17.5 Å². The first kappa shape index (κ1) is 13.6. The van der Waals surface area contributed by atoms with Crippen LogP contribution in [0.3, 0.4) is 0 Å². The number of hydrogen-bond acceptors (Lipinski definition) is 3. The minimum Gasteiger partial charge on any atom is -0.391 e. The van der Waals surface area contributed by atoms with E-state index in [1.54, 1.807) is 11.3 Å². The Labute approximate surface area is 112 Å². The minimum atomic E-state index is -0.347. The third-order valence-corrected chi connectivity index (χ3v) is 4.42. The van der Waals surface area contributed by atoms with E-state index in [-0.39, 0.29) is 18.1 Å². The molecule has 4 heteroatoms. The molecule has 2 atom stereocenters. The van der Waals surface area contributed by atoms with E-state index in [2.05, 4.69) is 16.8 Å². The van der Waals surface area contributed by atoms with E-state index in [4.69, 9.17) is 0 Å². The molecule has 0 aromatic carbocycles. The van der Waals surface area contributed by atoms with E-state index in [1.807, 2.05) is 6.07 Å². The van der Waals surface area contributed by atoms with Gasteiger partial charge in [-0.1, -0.05) is 18.9 Å². The van der Waals surface area contributed by atoms with Crippen molar-refractivity contribution in [1.82, 2.24) is 5.32 Å². The molecule has 100 valence electrons. The molecular formula is C14H21NO2S. The van der Waals surface area contributed by atoms with Gasteiger partial charge in [0, 0.05) is 11.3 Å². The summed E-state index contributed by atoms with van der Waals surface area (Å²) in [4.78, 5) is 13.1. The minimum absolute atomic E-state index is 0.0204. The monoisotopic (exact) mass is 267 g/mol. The van der Waals surface area contributed by atoms with Crippen LogP contribution in [0.1, 0.15) is 43.4 Å². The van der Waals surface area contributed by atoms with Crippen molar-refractivity contribution in [2.45, 2.75) is 57.1 Å². The van der Waals surface area contributed by atoms with Crippen molar-refractivity contribution < 1.29 is 9.90 Å². The predicted octanol–water partition coefficient (Wildman–Crippen LogP) is 2.49. The van der Waals surface area contributed by atoms with Gasteiger partial charge >= 0.3 is 0 Å². The van der Waals surface area contributed by atoms with Crippen molar-refractivity contribution in [3.63, 3.8) is 0 Å². The van der Waals surface area contributed by atoms with Gasteiger partial charge in [0.15, 0.2) is 0 Å². The Morgan fingerprint density at radius 3 is 3.00 bits per heavy atom. The quantitative estimate of drug-likeness (QED) is 0.861. The van der Waals surface area contributed by atoms with Gasteiger partial charge in [0.2, 0.25) is 5.91 Å². The molecule has 18 heavy (non-hydrogen) atoms. The summed E-state index contributed by atoms with van der Waals surface area (Å²) in [7, 11) is 0. The number of aliphatic hydroxyl groups is 1. The Balaban J connectivity index is 1.65. The molecular weight excluding hydrogens is 246 g/mol. The molecule has 2 rings (SSSR count). The lowest BCUT2D eigenvalue weighted by Crippen LogP contribution is -2.45. The highest BCUT2D eigenvalue weighted by molar-refractivity contribution is 7.09. The van der Waals surface area contributed by atoms with E-state index in [0.717, 1.165) is 38.5 Å². The Hall–Kier alpha value is -0.870. The Kier molecular flexibility index (Phi) is 5.20. The fourth-order valence-electron chi connectivity index (χ4n) is 2.44. The number of nitrogens with one attached hydrogen (secondary N) is 1. The predicted molar refractivity (Wildman–Crippen MR) is 73.7 cm³/mol. The van der Waals surface area contributed by atoms with Crippen molar-refractivity contribution in [2.24, 2.45) is 0 Å². The van der Waals surface area contributed by atoms with Crippen molar-refractivity contribution in [3.8, 4) is 0 Å². The van der Waals surface area contributed by atoms with E-state index >= 15 is 0 Å². The number of rotatable bonds is 5. The smallest absolute Gasteiger partial charge is 0.220 e. The average Bonchev–Trinajstić information content (AvgIpc) is 2.85. The first-order valence-corrected chi connectivity index (χ1v) is 7.63. The second kappa shape index (κ2) is 6.90. The van der Waals surface area contributed by atoms with Gasteiger partial charge in [0.1, 0.15) is 0 Å². The number of carbonyl (C=O) groups is 1. The van der Waals surface area contributed by atoms with Gasteiger partial charge in [-0.2, -0.15) is 0 Å². The van der Waals surface area contributed by atoms with Crippen molar-refractivity contribution in [3.05, 3.63) is 22.4 Å². The third kappa shape index (κ3) is 4.10. The van der Waals surface area contributed by atoms with Crippen LogP contribution >= 0.6 is 11.3 Å². The summed E-state index contributed by atoms with van der Waals surface area (Å²) in [6, 6.07) is 4.12. The summed E-state index contributed by atoms with van der Waals surface area (Å²) in [5, 5.41) is 14.8. The second-order valence-corrected chi connectivity index (χ2v) is 5.99. The topological polar surface area (TPSA) is 49.3 Å². The van der Waals surface area contributed by atoms with E-state index < -0.39 is 0 Å². The van der Waals surface area contributed by atoms with Crippen LogP contribution in [-0.4, -0.2) is 23.2 Å². The van der Waals surface area contributed by atoms with Gasteiger partial charge in [0.05, 0.1) is 12.1 Å². The molecule has 1 fully saturated rings. The first-order chi connectivity index (χ1) is 8.75. The molecule has 1 aromatic rings. The Morgan fingerprint density at radius 2 is 2.28 bits per heavy atom. The molecule has 1 aliphatic rings. The number of hydrogen-bond donors (Lipinski definition) is 2. The van der Waals surface area contributed by atoms with Gasteiger partial charge in [-0.25, -0.2) is 0 Å². The summed E-state index contributed by atoms with van der Waals surface area (Å²) < 4.78 is 0. The molecule has 1 amide bonds. The van der Waals surface area contributed by atoms with Crippen molar-refractivity contribution in [2.75, 3.05) is 0 Å². The maximum absolute atomic E-state index is 11.8. The molecule has 0 bridgehead atoms. The Morgan fingerprint density at radius 1 is 1.44 bits per heavy atom. The fourth-order valence-corrected chi connectivity index (χ4v) is 3.19. The molecule has 0 aliphatic heterocycles. The summed E-state index contributed by atoms with van der Waals surface area (Å²) >= 11 is 1.74. The van der Waals surface area contributed by atoms with Gasteiger partial charge in [-0.3, -0.25) is 4.79 Å². The van der Waals surface area contributed by atoms with Gasteiger partial charge < -0.3 is 10.4 Å². The van der Waals surface area contributed by atoms with Crippen LogP contribution in [0.2, 0.25) is 0 Å². The maximum atomic E-state index is 11.8. The van der Waals surface area contributed by atoms with Crippen LogP contribution in [0, 0.1) is 0 Å². The maximum Gasteiger partial charge on any atom is 0.220 e. The first-order valence-electron chi connectivity index (χ1n) is 6.75. The number of amides is 1. The molecule has 0 unspecified atom stereocenters. The highest BCUT2D eigenvalue weighted by Crippen LogP contribution is 2.18. The Bertz CT molecular complexity index is 364. The molecule has 1 aliphatic carbocycles. The van der Waals surface area contributed by atoms with Crippen LogP contribution in [0.25, 0.3) is 0 Å². The number of aliphatic hydroxyl groups excluding tert-OH is 1. The molecule has 0 radical (unpaired) electrons. The highest BCUT2D eigenvalue weighted by Gasteiger charge is 2.23. The molecule has 0 spiro atoms. The van der Waals surface area contributed by atoms with Crippen LogP contribution < -0.4 is 5.32 Å². The standard InChI is InChI=1S/C14H21NO2S/c16-13-8-2-1-7-12(13)15-14(17)9-3-5-11-6-4-10-18-11/h4,6,10,12-13,16H,1-3,5,7-9H2,(H,15,17)/t12-,13-/m1/s1. The zero-order valence-corrected chi connectivity index (χ0v) is 11.4. The van der Waals surface area contributed by atoms with Crippen molar-refractivity contribution in [1.29, 1.82) is 0 Å². The lowest BCUT2D eigenvalue weighted by atomic mass is 9.92. The lowest BCUT2D eigenvalue weighted by molar-refractivity contribution is -0.123. The number of aryl methyl sites for hydroxylation is 1. The summed E-state index contributed by atoms with van der Waals surface area (Å²) in [6.07, 6.45) is 5.98. The molecule has 1 saturated carbocycles. The SMILES string of the molecule is O=C(CCCc1cccs1)N[C@@H]1CCCC[C@H]1O. The summed E-state index contributed by atoms with van der Waals surface area (Å²) in [5.41, 5.74) is 0. The van der Waals surface area contributed by atoms with Gasteiger partial charge in [-0.15, -0.1) is 11.3 Å². The molecule has 3 nitrogen and oxygen atoms in total. The fraction of sp³-hybridized carbons (Fsp3) is 0.643. The third-order valence-electron chi connectivity index (χ3n) is 3.48. The average molecular weight is 267 g/mol. The summed E-state index contributed by atoms with van der Waals surface area (Å²) in [6.45, 7) is 0. The zero-order valence-electron chi connectivity index (χ0n) is 10.6. The van der Waals surface area contributed by atoms with Crippen LogP contribution in [0.4, 0.5) is 0 Å². The normalized spacial score (nSPS) is 23.8. The lowest BCUT2D eigenvalue weighted by Gasteiger charge is -2.28. The molecule has 0 saturated heterocycles. The zero-order chi connectivity index (χ0) is 12.8. The molecule has 1 aromatic heterocycles. The summed E-state index contributed by atoms with van der Waals surface area (Å²) in [5.74, 6) is 0.0810. The van der Waals surface area contributed by atoms with E-state index in [9.17, 15) is 9.90 Å². The van der Waals surface area contributed by atoms with Gasteiger partial charge in [0.25, 0.3) is 0 Å². The highest BCUT2D eigenvalue weighted by atomic mass is 32.1. The number of thiophene rings is 1. The van der Waals surface area contributed by atoms with Gasteiger partial charge in [-0.05, 0) is 37.1 Å². The van der Waals surface area contributed by atoms with Crippen molar-refractivity contribution >= 4 is 17.2 Å². The van der Waals surface area contributed by atoms with E-state index in [0.29, 0.717) is 6.42 Å². The molecule has 2 N–H and O–H groups in total. The second-order valence-electron chi connectivity index (χ2n) is 4.96. The van der Waals surface area contributed by atoms with E-state index in [1.165, 1.54) is 4.88 Å². The molecule has 1 heterocycles.